The summed E-state index contributed by atoms with van der Waals surface area (Å²) in [5.41, 5.74) is 6.80. The quantitative estimate of drug-likeness (QED) is 0.420. The van der Waals surface area contributed by atoms with E-state index in [1.807, 2.05) is 30.3 Å². The van der Waals surface area contributed by atoms with E-state index in [4.69, 9.17) is 27.4 Å². The van der Waals surface area contributed by atoms with E-state index in [0.717, 1.165) is 5.56 Å². The lowest BCUT2D eigenvalue weighted by Crippen LogP contribution is -2.44. The molecule has 2 aromatic rings. The number of primary amides is 1. The van der Waals surface area contributed by atoms with Crippen LogP contribution in [0.2, 0.25) is 0 Å². The Hall–Kier alpha value is -2.97. The molecular weight excluding hydrogens is 402 g/mol. The smallest absolute Gasteiger partial charge is 0.261 e. The molecular formula is C22H27N3O4S. The minimum atomic E-state index is -0.425. The van der Waals surface area contributed by atoms with E-state index >= 15 is 0 Å². The summed E-state index contributed by atoms with van der Waals surface area (Å²) < 4.78 is 10.6. The van der Waals surface area contributed by atoms with Crippen molar-refractivity contribution in [3.63, 3.8) is 0 Å². The molecule has 0 fully saturated rings. The standard InChI is InChI=1S/C22H27N3O4S/c1-28-15-16-29-19-10-6-5-9-18(19)21(27)24-22(30)25(14-12-20(23)26)13-11-17-7-3-2-4-8-17/h2-10H,11-16H2,1H3,(H2,23,26)(H,24,27,30). The number of thiocarbonyl (C=S) groups is 1. The second kappa shape index (κ2) is 12.6. The zero-order valence-electron chi connectivity index (χ0n) is 17.0. The minimum absolute atomic E-state index is 0.140. The van der Waals surface area contributed by atoms with Gasteiger partial charge in [-0.15, -0.1) is 0 Å². The number of ether oxygens (including phenoxy) is 2. The van der Waals surface area contributed by atoms with E-state index < -0.39 is 5.91 Å². The van der Waals surface area contributed by atoms with E-state index in [1.165, 1.54) is 0 Å². The molecule has 0 aliphatic rings. The molecule has 0 unspecified atom stereocenters. The summed E-state index contributed by atoms with van der Waals surface area (Å²) in [7, 11) is 1.58. The van der Waals surface area contributed by atoms with Gasteiger partial charge in [0.1, 0.15) is 12.4 Å². The maximum Gasteiger partial charge on any atom is 0.261 e. The highest BCUT2D eigenvalue weighted by Crippen LogP contribution is 2.18. The largest absolute Gasteiger partial charge is 0.490 e. The number of carbonyl (C=O) groups excluding carboxylic acids is 2. The Labute approximate surface area is 182 Å². The van der Waals surface area contributed by atoms with E-state index in [0.29, 0.717) is 44.0 Å². The topological polar surface area (TPSA) is 93.9 Å². The summed E-state index contributed by atoms with van der Waals surface area (Å²) >= 11 is 5.45. The van der Waals surface area contributed by atoms with Crippen molar-refractivity contribution >= 4 is 29.1 Å². The Morgan fingerprint density at radius 2 is 1.73 bits per heavy atom. The Bertz CT molecular complexity index is 845. The van der Waals surface area contributed by atoms with Crippen molar-refractivity contribution in [3.05, 3.63) is 65.7 Å². The maximum absolute atomic E-state index is 12.8. The third-order valence-electron chi connectivity index (χ3n) is 4.33. The number of rotatable bonds is 11. The first-order valence-electron chi connectivity index (χ1n) is 9.64. The molecule has 2 amide bonds. The molecule has 30 heavy (non-hydrogen) atoms. The molecule has 0 aliphatic heterocycles. The van der Waals surface area contributed by atoms with Crippen molar-refractivity contribution in [3.8, 4) is 5.75 Å². The van der Waals surface area contributed by atoms with Crippen LogP contribution in [-0.2, 0) is 16.0 Å². The monoisotopic (exact) mass is 429 g/mol. The molecule has 3 N–H and O–H groups in total. The predicted octanol–water partition coefficient (Wildman–Crippen LogP) is 2.15. The van der Waals surface area contributed by atoms with Crippen LogP contribution in [0, 0.1) is 0 Å². The number of nitrogens with zero attached hydrogens (tertiary/aromatic N) is 1. The zero-order valence-corrected chi connectivity index (χ0v) is 17.8. The summed E-state index contributed by atoms with van der Waals surface area (Å²) in [4.78, 5) is 25.8. The Morgan fingerprint density at radius 3 is 2.43 bits per heavy atom. The van der Waals surface area contributed by atoms with Gasteiger partial charge in [0.2, 0.25) is 5.91 Å². The number of benzene rings is 2. The van der Waals surface area contributed by atoms with Crippen molar-refractivity contribution < 1.29 is 19.1 Å². The Balaban J connectivity index is 2.04. The summed E-state index contributed by atoms with van der Waals surface area (Å²) in [5, 5.41) is 2.98. The predicted molar refractivity (Wildman–Crippen MR) is 119 cm³/mol. The molecule has 2 aromatic carbocycles. The number of hydrogen-bond acceptors (Lipinski definition) is 5. The summed E-state index contributed by atoms with van der Waals surface area (Å²) in [6.07, 6.45) is 0.855. The first-order valence-corrected chi connectivity index (χ1v) is 10.1. The van der Waals surface area contributed by atoms with Gasteiger partial charge in [0, 0.05) is 26.6 Å². The Morgan fingerprint density at radius 1 is 1.03 bits per heavy atom. The second-order valence-corrected chi connectivity index (χ2v) is 6.92. The zero-order chi connectivity index (χ0) is 21.8. The lowest BCUT2D eigenvalue weighted by Gasteiger charge is -2.25. The summed E-state index contributed by atoms with van der Waals surface area (Å²) in [5.74, 6) is -0.356. The highest BCUT2D eigenvalue weighted by atomic mass is 32.1. The van der Waals surface area contributed by atoms with Crippen LogP contribution in [0.3, 0.4) is 0 Å². The molecule has 0 aromatic heterocycles. The van der Waals surface area contributed by atoms with Crippen molar-refractivity contribution in [1.29, 1.82) is 0 Å². The molecule has 2 rings (SSSR count). The van der Waals surface area contributed by atoms with Crippen molar-refractivity contribution in [1.82, 2.24) is 10.2 Å². The van der Waals surface area contributed by atoms with Gasteiger partial charge in [-0.05, 0) is 36.3 Å². The van der Waals surface area contributed by atoms with Crippen molar-refractivity contribution in [2.24, 2.45) is 5.73 Å². The number of amides is 2. The molecule has 0 radical (unpaired) electrons. The molecule has 160 valence electrons. The van der Waals surface area contributed by atoms with Crippen LogP contribution < -0.4 is 15.8 Å². The van der Waals surface area contributed by atoms with Crippen LogP contribution in [0.25, 0.3) is 0 Å². The highest BCUT2D eigenvalue weighted by Gasteiger charge is 2.17. The van der Waals surface area contributed by atoms with Crippen LogP contribution in [0.5, 0.6) is 5.75 Å². The Kier molecular flexibility index (Phi) is 9.76. The van der Waals surface area contributed by atoms with Gasteiger partial charge in [0.05, 0.1) is 12.2 Å². The molecule has 8 heteroatoms. The highest BCUT2D eigenvalue weighted by molar-refractivity contribution is 7.80. The molecule has 0 aliphatic carbocycles. The van der Waals surface area contributed by atoms with E-state index in [-0.39, 0.29) is 17.4 Å². The fourth-order valence-electron chi connectivity index (χ4n) is 2.73. The lowest BCUT2D eigenvalue weighted by atomic mass is 10.1. The first kappa shape index (κ1) is 23.3. The number of methoxy groups -OCH3 is 1. The maximum atomic E-state index is 12.8. The molecule has 7 nitrogen and oxygen atoms in total. The van der Waals surface area contributed by atoms with Gasteiger partial charge in [-0.1, -0.05) is 42.5 Å². The number of hydrogen-bond donors (Lipinski definition) is 2. The van der Waals surface area contributed by atoms with Crippen molar-refractivity contribution in [2.45, 2.75) is 12.8 Å². The van der Waals surface area contributed by atoms with Gasteiger partial charge in [-0.25, -0.2) is 0 Å². The molecule has 0 saturated carbocycles. The van der Waals surface area contributed by atoms with Gasteiger partial charge in [0.15, 0.2) is 5.11 Å². The SMILES string of the molecule is COCCOc1ccccc1C(=O)NC(=S)N(CCC(N)=O)CCc1ccccc1. The van der Waals surface area contributed by atoms with Crippen LogP contribution in [0.4, 0.5) is 0 Å². The normalized spacial score (nSPS) is 10.3. The number of nitrogens with two attached hydrogens (primary N) is 1. The lowest BCUT2D eigenvalue weighted by molar-refractivity contribution is -0.118. The van der Waals surface area contributed by atoms with Gasteiger partial charge in [-0.2, -0.15) is 0 Å². The van der Waals surface area contributed by atoms with Gasteiger partial charge >= 0.3 is 0 Å². The van der Waals surface area contributed by atoms with E-state index in [1.54, 1.807) is 36.3 Å². The summed E-state index contributed by atoms with van der Waals surface area (Å²) in [6.45, 7) is 1.61. The summed E-state index contributed by atoms with van der Waals surface area (Å²) in [6, 6.07) is 16.8. The van der Waals surface area contributed by atoms with Gasteiger partial charge in [-0.3, -0.25) is 14.9 Å². The molecule has 0 atom stereocenters. The van der Waals surface area contributed by atoms with Crippen molar-refractivity contribution in [2.75, 3.05) is 33.4 Å². The first-order chi connectivity index (χ1) is 14.5. The van der Waals surface area contributed by atoms with Gasteiger partial charge in [0.25, 0.3) is 5.91 Å². The number of nitrogens with one attached hydrogen (secondary N) is 1. The van der Waals surface area contributed by atoms with Crippen LogP contribution >= 0.6 is 12.2 Å². The van der Waals surface area contributed by atoms with Gasteiger partial charge < -0.3 is 20.1 Å². The number of para-hydroxylation sites is 1. The second-order valence-electron chi connectivity index (χ2n) is 6.54. The third kappa shape index (κ3) is 7.81. The van der Waals surface area contributed by atoms with E-state index in [2.05, 4.69) is 5.32 Å². The number of carbonyl (C=O) groups is 2. The minimum Gasteiger partial charge on any atom is -0.490 e. The van der Waals surface area contributed by atoms with Crippen LogP contribution in [-0.4, -0.2) is 55.2 Å². The molecule has 0 bridgehead atoms. The van der Waals surface area contributed by atoms with E-state index in [9.17, 15) is 9.59 Å². The average Bonchev–Trinajstić information content (AvgIpc) is 2.74. The molecule has 0 saturated heterocycles. The molecule has 0 heterocycles. The fourth-order valence-corrected chi connectivity index (χ4v) is 3.00. The van der Waals surface area contributed by atoms with Crippen LogP contribution in [0.1, 0.15) is 22.3 Å². The molecule has 0 spiro atoms. The third-order valence-corrected chi connectivity index (χ3v) is 4.69. The van der Waals surface area contributed by atoms with Crippen LogP contribution in [0.15, 0.2) is 54.6 Å². The fraction of sp³-hybridized carbons (Fsp3) is 0.318. The average molecular weight is 430 g/mol.